The Morgan fingerprint density at radius 1 is 0.815 bits per heavy atom. The number of rotatable bonds is 10. The van der Waals surface area contributed by atoms with Gasteiger partial charge in [0.1, 0.15) is 29.9 Å². The molecule has 0 aromatic heterocycles. The first kappa shape index (κ1) is 41.0. The number of phenolic OH excluding ortho intramolecular Hbond substituents is 1. The van der Waals surface area contributed by atoms with E-state index in [9.17, 15) is 33.9 Å². The van der Waals surface area contributed by atoms with Crippen molar-refractivity contribution in [2.24, 2.45) is 5.73 Å². The Kier molecular flexibility index (Phi) is 15.1. The molecule has 6 amide bonds. The molecule has 0 radical (unpaired) electrons. The van der Waals surface area contributed by atoms with Crippen molar-refractivity contribution >= 4 is 35.4 Å². The predicted octanol–water partition coefficient (Wildman–Crippen LogP) is 0.807. The zero-order chi connectivity index (χ0) is 39.2. The summed E-state index contributed by atoms with van der Waals surface area (Å²) >= 11 is 0. The Balaban J connectivity index is 1.71. The van der Waals surface area contributed by atoms with Crippen LogP contribution >= 0.6 is 0 Å². The lowest BCUT2D eigenvalue weighted by atomic mass is 9.98. The van der Waals surface area contributed by atoms with Crippen molar-refractivity contribution < 1.29 is 33.9 Å². The fourth-order valence-electron chi connectivity index (χ4n) is 6.43. The van der Waals surface area contributed by atoms with E-state index in [-0.39, 0.29) is 38.0 Å². The van der Waals surface area contributed by atoms with Gasteiger partial charge in [0.15, 0.2) is 0 Å². The van der Waals surface area contributed by atoms with Crippen molar-refractivity contribution in [1.82, 2.24) is 31.1 Å². The molecule has 1 saturated heterocycles. The zero-order valence-corrected chi connectivity index (χ0v) is 31.0. The van der Waals surface area contributed by atoms with Gasteiger partial charge in [-0.1, -0.05) is 72.8 Å². The first-order valence-corrected chi connectivity index (χ1v) is 18.1. The number of benzene rings is 3. The summed E-state index contributed by atoms with van der Waals surface area (Å²) in [6.07, 6.45) is 1.09. The number of nitrogens with one attached hydrogen (secondary N) is 4. The third kappa shape index (κ3) is 11.6. The van der Waals surface area contributed by atoms with Gasteiger partial charge < -0.3 is 41.9 Å². The summed E-state index contributed by atoms with van der Waals surface area (Å²) in [5.74, 6) is -3.50. The summed E-state index contributed by atoms with van der Waals surface area (Å²) in [7, 11) is 4.61. The predicted molar refractivity (Wildman–Crippen MR) is 203 cm³/mol. The summed E-state index contributed by atoms with van der Waals surface area (Å²) < 4.78 is 0. The van der Waals surface area contributed by atoms with Crippen LogP contribution in [-0.4, -0.2) is 108 Å². The molecule has 0 spiro atoms. The van der Waals surface area contributed by atoms with Crippen LogP contribution in [0.15, 0.2) is 84.9 Å². The molecule has 7 N–H and O–H groups in total. The molecule has 4 rings (SSSR count). The Morgan fingerprint density at radius 3 is 1.96 bits per heavy atom. The van der Waals surface area contributed by atoms with E-state index in [0.717, 1.165) is 16.7 Å². The molecule has 1 aliphatic rings. The van der Waals surface area contributed by atoms with E-state index in [1.165, 1.54) is 36.0 Å². The van der Waals surface area contributed by atoms with E-state index < -0.39 is 72.1 Å². The van der Waals surface area contributed by atoms with Gasteiger partial charge in [-0.2, -0.15) is 0 Å². The smallest absolute Gasteiger partial charge is 0.246 e. The summed E-state index contributed by atoms with van der Waals surface area (Å²) in [6, 6.07) is 19.3. The highest BCUT2D eigenvalue weighted by Crippen LogP contribution is 2.18. The van der Waals surface area contributed by atoms with Gasteiger partial charge in [0.2, 0.25) is 35.4 Å². The lowest BCUT2D eigenvalue weighted by Gasteiger charge is -2.36. The highest BCUT2D eigenvalue weighted by Gasteiger charge is 2.38. The number of likely N-dealkylation sites (N-methyl/N-ethyl adjacent to an activating group) is 3. The highest BCUT2D eigenvalue weighted by atomic mass is 16.3. The molecule has 0 bridgehead atoms. The standard InChI is InChI=1S/C40H51N7O7/c1-42-32(22-28-17-19-29(48)20-18-28)37(51)44-30-16-10-11-21-43-35(49)25-31(36(41)50)45-38(52)33(23-26-12-6-4-7-13-26)46(2)40(54)34(47(3)39(30)53)24-27-14-8-5-9-15-27/h4-9,12-15,17-20,30-34,42,48H,10-11,16,21-25H2,1-3H3,(H2,41,50)(H,43,49)(H,44,51)(H,45,52)/t30-,31+,32+,33+,34+/m1/s1. The number of carbonyl (C=O) groups is 6. The molecule has 5 atom stereocenters. The van der Waals surface area contributed by atoms with Gasteiger partial charge in [-0.05, 0) is 61.6 Å². The van der Waals surface area contributed by atoms with Crippen molar-refractivity contribution in [1.29, 1.82) is 0 Å². The van der Waals surface area contributed by atoms with Crippen LogP contribution in [0, 0.1) is 0 Å². The quantitative estimate of drug-likeness (QED) is 0.175. The largest absolute Gasteiger partial charge is 0.508 e. The third-order valence-corrected chi connectivity index (χ3v) is 9.71. The summed E-state index contributed by atoms with van der Waals surface area (Å²) in [4.78, 5) is 84.7. The maximum absolute atomic E-state index is 14.7. The number of carbonyl (C=O) groups excluding carboxylic acids is 6. The fourth-order valence-corrected chi connectivity index (χ4v) is 6.43. The molecule has 0 aliphatic carbocycles. The van der Waals surface area contributed by atoms with Crippen LogP contribution in [0.25, 0.3) is 0 Å². The number of hydrogen-bond donors (Lipinski definition) is 6. The fraction of sp³-hybridized carbons (Fsp3) is 0.400. The van der Waals surface area contributed by atoms with Gasteiger partial charge in [0.25, 0.3) is 0 Å². The Morgan fingerprint density at radius 2 is 1.39 bits per heavy atom. The lowest BCUT2D eigenvalue weighted by Crippen LogP contribution is -2.60. The second kappa shape index (κ2) is 19.9. The zero-order valence-electron chi connectivity index (χ0n) is 31.0. The monoisotopic (exact) mass is 741 g/mol. The summed E-state index contributed by atoms with van der Waals surface area (Å²) in [6.45, 7) is 0.206. The van der Waals surface area contributed by atoms with Gasteiger partial charge in [0.05, 0.1) is 12.5 Å². The molecule has 1 fully saturated rings. The van der Waals surface area contributed by atoms with Gasteiger partial charge in [-0.15, -0.1) is 0 Å². The normalized spacial score (nSPS) is 21.4. The van der Waals surface area contributed by atoms with Crippen molar-refractivity contribution in [3.05, 3.63) is 102 Å². The second-order valence-electron chi connectivity index (χ2n) is 13.6. The number of nitrogens with zero attached hydrogens (tertiary/aromatic N) is 2. The second-order valence-corrected chi connectivity index (χ2v) is 13.6. The minimum Gasteiger partial charge on any atom is -0.508 e. The van der Waals surface area contributed by atoms with Crippen molar-refractivity contribution in [2.75, 3.05) is 27.7 Å². The lowest BCUT2D eigenvalue weighted by molar-refractivity contribution is -0.149. The maximum atomic E-state index is 14.7. The Labute approximate surface area is 315 Å². The minimum absolute atomic E-state index is 0.0629. The first-order valence-electron chi connectivity index (χ1n) is 18.1. The van der Waals surface area contributed by atoms with Gasteiger partial charge in [-0.25, -0.2) is 0 Å². The number of amides is 6. The molecular weight excluding hydrogens is 690 g/mol. The van der Waals surface area contributed by atoms with Gasteiger partial charge in [0, 0.05) is 33.5 Å². The van der Waals surface area contributed by atoms with Crippen LogP contribution in [0.5, 0.6) is 5.75 Å². The average Bonchev–Trinajstić information content (AvgIpc) is 3.17. The van der Waals surface area contributed by atoms with Crippen LogP contribution in [0.3, 0.4) is 0 Å². The molecule has 3 aromatic rings. The average molecular weight is 742 g/mol. The van der Waals surface area contributed by atoms with Gasteiger partial charge >= 0.3 is 0 Å². The van der Waals surface area contributed by atoms with Crippen molar-refractivity contribution in [3.63, 3.8) is 0 Å². The van der Waals surface area contributed by atoms with Gasteiger partial charge in [-0.3, -0.25) is 28.8 Å². The molecular formula is C40H51N7O7. The number of nitrogens with two attached hydrogens (primary N) is 1. The molecule has 54 heavy (non-hydrogen) atoms. The molecule has 0 unspecified atom stereocenters. The van der Waals surface area contributed by atoms with E-state index in [1.54, 1.807) is 43.4 Å². The van der Waals surface area contributed by atoms with E-state index in [0.29, 0.717) is 12.8 Å². The Hall–Kier alpha value is -5.76. The third-order valence-electron chi connectivity index (χ3n) is 9.71. The summed E-state index contributed by atoms with van der Waals surface area (Å²) in [5.41, 5.74) is 7.91. The first-order chi connectivity index (χ1) is 25.9. The molecule has 0 saturated carbocycles. The van der Waals surface area contributed by atoms with Crippen LogP contribution in [-0.2, 0) is 48.0 Å². The summed E-state index contributed by atoms with van der Waals surface area (Å²) in [5, 5.41) is 21.0. The van der Waals surface area contributed by atoms with Crippen LogP contribution in [0.2, 0.25) is 0 Å². The van der Waals surface area contributed by atoms with Crippen LogP contribution in [0.4, 0.5) is 0 Å². The van der Waals surface area contributed by atoms with E-state index >= 15 is 0 Å². The number of aromatic hydroxyl groups is 1. The maximum Gasteiger partial charge on any atom is 0.246 e. The topological polar surface area (TPSA) is 203 Å². The molecule has 3 aromatic carbocycles. The molecule has 1 aliphatic heterocycles. The molecule has 14 heteroatoms. The minimum atomic E-state index is -1.33. The van der Waals surface area contributed by atoms with E-state index in [1.807, 2.05) is 36.4 Å². The SMILES string of the molecule is CN[C@@H](Cc1ccc(O)cc1)C(=O)N[C@@H]1CCCCNC(=O)C[C@@H](C(N)=O)NC(=O)[C@H](Cc2ccccc2)N(C)C(=O)[C@H](Cc2ccccc2)N(C)C1=O. The van der Waals surface area contributed by atoms with E-state index in [4.69, 9.17) is 5.73 Å². The van der Waals surface area contributed by atoms with Crippen LogP contribution in [0.1, 0.15) is 42.4 Å². The Bertz CT molecular complexity index is 1740. The van der Waals surface area contributed by atoms with Crippen molar-refractivity contribution in [2.45, 2.75) is 75.2 Å². The van der Waals surface area contributed by atoms with E-state index in [2.05, 4.69) is 21.3 Å². The highest BCUT2D eigenvalue weighted by molar-refractivity contribution is 5.97. The molecule has 1 heterocycles. The number of phenols is 1. The molecule has 14 nitrogen and oxygen atoms in total. The van der Waals surface area contributed by atoms with Crippen LogP contribution < -0.4 is 27.0 Å². The number of hydrogen-bond acceptors (Lipinski definition) is 8. The van der Waals surface area contributed by atoms with Crippen molar-refractivity contribution in [3.8, 4) is 5.75 Å². The number of primary amides is 1. The molecule has 288 valence electrons.